The number of hydrogen-bond acceptors (Lipinski definition) is 2. The number of benzene rings is 1. The summed E-state index contributed by atoms with van der Waals surface area (Å²) in [5.41, 5.74) is 1.68. The average Bonchev–Trinajstić information content (AvgIpc) is 2.97. The molecule has 0 N–H and O–H groups in total. The minimum absolute atomic E-state index is 0.117. The first-order valence-corrected chi connectivity index (χ1v) is 5.36. The second-order valence-corrected chi connectivity index (χ2v) is 3.90. The highest BCUT2D eigenvalue weighted by Crippen LogP contribution is 2.18. The van der Waals surface area contributed by atoms with E-state index in [0.717, 1.165) is 10.9 Å². The standard InChI is InChI=1S/C13H11N3O/c1-15-11-6-3-2-5-10(11)9-12(15)13(17)16-8-4-7-14-16/h2-9H,1H3. The van der Waals surface area contributed by atoms with Crippen LogP contribution in [0.25, 0.3) is 10.9 Å². The number of fused-ring (bicyclic) bond motifs is 1. The number of para-hydroxylation sites is 1. The molecule has 2 heterocycles. The number of aryl methyl sites for hydroxylation is 1. The molecule has 17 heavy (non-hydrogen) atoms. The minimum atomic E-state index is -0.117. The predicted molar refractivity (Wildman–Crippen MR) is 64.9 cm³/mol. The maximum atomic E-state index is 12.2. The zero-order valence-corrected chi connectivity index (χ0v) is 9.37. The van der Waals surface area contributed by atoms with Gasteiger partial charge >= 0.3 is 0 Å². The summed E-state index contributed by atoms with van der Waals surface area (Å²) < 4.78 is 3.23. The monoisotopic (exact) mass is 225 g/mol. The van der Waals surface area contributed by atoms with E-state index in [-0.39, 0.29) is 5.91 Å². The van der Waals surface area contributed by atoms with Gasteiger partial charge in [-0.25, -0.2) is 4.68 Å². The van der Waals surface area contributed by atoms with E-state index in [4.69, 9.17) is 0 Å². The van der Waals surface area contributed by atoms with Crippen LogP contribution in [-0.2, 0) is 7.05 Å². The van der Waals surface area contributed by atoms with Crippen LogP contribution in [0.2, 0.25) is 0 Å². The van der Waals surface area contributed by atoms with Gasteiger partial charge in [0.15, 0.2) is 0 Å². The number of nitrogens with zero attached hydrogens (tertiary/aromatic N) is 3. The van der Waals surface area contributed by atoms with Crippen LogP contribution < -0.4 is 0 Å². The van der Waals surface area contributed by atoms with E-state index in [1.807, 2.05) is 41.9 Å². The Morgan fingerprint density at radius 2 is 2.06 bits per heavy atom. The smallest absolute Gasteiger partial charge is 0.294 e. The third-order valence-electron chi connectivity index (χ3n) is 2.88. The van der Waals surface area contributed by atoms with Crippen LogP contribution in [0, 0.1) is 0 Å². The van der Waals surface area contributed by atoms with Crippen molar-refractivity contribution in [2.75, 3.05) is 0 Å². The summed E-state index contributed by atoms with van der Waals surface area (Å²) in [6.45, 7) is 0. The van der Waals surface area contributed by atoms with E-state index in [2.05, 4.69) is 5.10 Å². The molecule has 0 fully saturated rings. The van der Waals surface area contributed by atoms with E-state index in [0.29, 0.717) is 5.69 Å². The number of carbonyl (C=O) groups is 1. The molecule has 0 radical (unpaired) electrons. The quantitative estimate of drug-likeness (QED) is 0.636. The maximum Gasteiger partial charge on any atom is 0.294 e. The molecular formula is C13H11N3O. The lowest BCUT2D eigenvalue weighted by atomic mass is 10.2. The van der Waals surface area contributed by atoms with Gasteiger partial charge in [-0.3, -0.25) is 4.79 Å². The highest BCUT2D eigenvalue weighted by Gasteiger charge is 2.14. The van der Waals surface area contributed by atoms with Gasteiger partial charge in [0.25, 0.3) is 5.91 Å². The minimum Gasteiger partial charge on any atom is -0.340 e. The molecule has 0 saturated carbocycles. The van der Waals surface area contributed by atoms with Crippen LogP contribution in [0.3, 0.4) is 0 Å². The normalized spacial score (nSPS) is 10.9. The van der Waals surface area contributed by atoms with Crippen molar-refractivity contribution in [3.05, 3.63) is 54.5 Å². The van der Waals surface area contributed by atoms with Crippen LogP contribution >= 0.6 is 0 Å². The van der Waals surface area contributed by atoms with Gasteiger partial charge in [0, 0.05) is 30.3 Å². The van der Waals surface area contributed by atoms with E-state index in [9.17, 15) is 4.79 Å². The third-order valence-corrected chi connectivity index (χ3v) is 2.88. The highest BCUT2D eigenvalue weighted by molar-refractivity contribution is 5.99. The van der Waals surface area contributed by atoms with Crippen LogP contribution in [0.4, 0.5) is 0 Å². The average molecular weight is 225 g/mol. The van der Waals surface area contributed by atoms with Crippen molar-refractivity contribution < 1.29 is 4.79 Å². The molecule has 0 unspecified atom stereocenters. The highest BCUT2D eigenvalue weighted by atomic mass is 16.2. The van der Waals surface area contributed by atoms with Gasteiger partial charge < -0.3 is 4.57 Å². The van der Waals surface area contributed by atoms with Gasteiger partial charge in [-0.15, -0.1) is 0 Å². The fourth-order valence-electron chi connectivity index (χ4n) is 2.00. The fourth-order valence-corrected chi connectivity index (χ4v) is 2.00. The van der Waals surface area contributed by atoms with Crippen LogP contribution in [0.5, 0.6) is 0 Å². The first kappa shape index (κ1) is 9.84. The Hall–Kier alpha value is -2.36. The van der Waals surface area contributed by atoms with E-state index >= 15 is 0 Å². The van der Waals surface area contributed by atoms with Crippen molar-refractivity contribution >= 4 is 16.8 Å². The first-order valence-electron chi connectivity index (χ1n) is 5.36. The number of rotatable bonds is 1. The Morgan fingerprint density at radius 1 is 1.24 bits per heavy atom. The van der Waals surface area contributed by atoms with Gasteiger partial charge in [0.05, 0.1) is 0 Å². The van der Waals surface area contributed by atoms with Gasteiger partial charge in [0.1, 0.15) is 5.69 Å². The number of carbonyl (C=O) groups excluding carboxylic acids is 1. The van der Waals surface area contributed by atoms with Gasteiger partial charge in [0.2, 0.25) is 0 Å². The van der Waals surface area contributed by atoms with Crippen molar-refractivity contribution in [1.29, 1.82) is 0 Å². The summed E-state index contributed by atoms with van der Waals surface area (Å²) in [4.78, 5) is 12.2. The largest absolute Gasteiger partial charge is 0.340 e. The van der Waals surface area contributed by atoms with Crippen molar-refractivity contribution in [3.8, 4) is 0 Å². The molecule has 84 valence electrons. The van der Waals surface area contributed by atoms with Gasteiger partial charge in [-0.1, -0.05) is 18.2 Å². The van der Waals surface area contributed by atoms with Gasteiger partial charge in [-0.05, 0) is 18.2 Å². The summed E-state index contributed by atoms with van der Waals surface area (Å²) >= 11 is 0. The number of aromatic nitrogens is 3. The van der Waals surface area contributed by atoms with Crippen molar-refractivity contribution in [2.24, 2.45) is 7.05 Å². The van der Waals surface area contributed by atoms with Crippen molar-refractivity contribution in [2.45, 2.75) is 0 Å². The van der Waals surface area contributed by atoms with Crippen LogP contribution in [0.15, 0.2) is 48.8 Å². The topological polar surface area (TPSA) is 39.8 Å². The van der Waals surface area contributed by atoms with E-state index in [1.165, 1.54) is 4.68 Å². The molecule has 4 nitrogen and oxygen atoms in total. The van der Waals surface area contributed by atoms with E-state index < -0.39 is 0 Å². The molecule has 2 aromatic heterocycles. The molecule has 1 aromatic carbocycles. The Labute approximate surface area is 98.1 Å². The van der Waals surface area contributed by atoms with Crippen molar-refractivity contribution in [3.63, 3.8) is 0 Å². The molecule has 0 saturated heterocycles. The molecule has 0 aliphatic carbocycles. The fraction of sp³-hybridized carbons (Fsp3) is 0.0769. The first-order chi connectivity index (χ1) is 8.27. The second kappa shape index (κ2) is 3.59. The molecule has 4 heteroatoms. The zero-order chi connectivity index (χ0) is 11.8. The molecule has 0 bridgehead atoms. The SMILES string of the molecule is Cn1c(C(=O)n2cccn2)cc2ccccc21. The van der Waals surface area contributed by atoms with Crippen LogP contribution in [-0.4, -0.2) is 20.3 Å². The Morgan fingerprint density at radius 3 is 2.76 bits per heavy atom. The summed E-state index contributed by atoms with van der Waals surface area (Å²) in [5, 5.41) is 5.02. The summed E-state index contributed by atoms with van der Waals surface area (Å²) in [6.07, 6.45) is 3.25. The predicted octanol–water partition coefficient (Wildman–Crippen LogP) is 2.06. The summed E-state index contributed by atoms with van der Waals surface area (Å²) in [7, 11) is 1.89. The van der Waals surface area contributed by atoms with Crippen molar-refractivity contribution in [1.82, 2.24) is 14.3 Å². The molecular weight excluding hydrogens is 214 g/mol. The molecule has 3 aromatic rings. The van der Waals surface area contributed by atoms with Gasteiger partial charge in [-0.2, -0.15) is 5.10 Å². The third kappa shape index (κ3) is 1.45. The molecule has 0 spiro atoms. The molecule has 0 aliphatic heterocycles. The lowest BCUT2D eigenvalue weighted by Crippen LogP contribution is -2.15. The van der Waals surface area contributed by atoms with E-state index in [1.54, 1.807) is 18.5 Å². The zero-order valence-electron chi connectivity index (χ0n) is 9.37. The molecule has 0 atom stereocenters. The van der Waals surface area contributed by atoms with Crippen LogP contribution in [0.1, 0.15) is 10.5 Å². The lowest BCUT2D eigenvalue weighted by Gasteiger charge is -2.02. The second-order valence-electron chi connectivity index (χ2n) is 3.90. The maximum absolute atomic E-state index is 12.2. The molecule has 0 amide bonds. The molecule has 0 aliphatic rings. The summed E-state index contributed by atoms with van der Waals surface area (Å²) in [6, 6.07) is 11.5. The molecule has 3 rings (SSSR count). The Balaban J connectivity index is 2.18. The Kier molecular flexibility index (Phi) is 2.08. The summed E-state index contributed by atoms with van der Waals surface area (Å²) in [5.74, 6) is -0.117. The Bertz CT molecular complexity index is 680. The lowest BCUT2D eigenvalue weighted by molar-refractivity contribution is 0.0937. The number of hydrogen-bond donors (Lipinski definition) is 0.